The molecule has 1 unspecified atom stereocenters. The van der Waals surface area contributed by atoms with Crippen LogP contribution in [0.1, 0.15) is 37.8 Å². The van der Waals surface area contributed by atoms with Crippen molar-refractivity contribution in [1.82, 2.24) is 14.4 Å². The van der Waals surface area contributed by atoms with Gasteiger partial charge in [-0.1, -0.05) is 30.2 Å². The molecular formula is C22H26ClN5. The van der Waals surface area contributed by atoms with E-state index in [1.807, 2.05) is 30.6 Å². The maximum absolute atomic E-state index is 6.46. The van der Waals surface area contributed by atoms with Crippen LogP contribution in [-0.4, -0.2) is 33.5 Å². The lowest BCUT2D eigenvalue weighted by atomic mass is 9.74. The Kier molecular flexibility index (Phi) is 4.33. The number of aryl methyl sites for hydroxylation is 1. The topological polar surface area (TPSA) is 59.5 Å². The van der Waals surface area contributed by atoms with E-state index in [2.05, 4.69) is 27.3 Å². The van der Waals surface area contributed by atoms with E-state index >= 15 is 0 Å². The number of hydrogen-bond donors (Lipinski definition) is 1. The molecule has 5 rings (SSSR count). The van der Waals surface area contributed by atoms with E-state index in [-0.39, 0.29) is 0 Å². The minimum absolute atomic E-state index is 0.348. The van der Waals surface area contributed by atoms with E-state index in [0.29, 0.717) is 11.5 Å². The van der Waals surface area contributed by atoms with Crippen molar-refractivity contribution in [3.63, 3.8) is 0 Å². The lowest BCUT2D eigenvalue weighted by Gasteiger charge is -2.42. The first-order chi connectivity index (χ1) is 13.6. The van der Waals surface area contributed by atoms with Gasteiger partial charge < -0.3 is 10.6 Å². The third-order valence-corrected chi connectivity index (χ3v) is 7.08. The Balaban J connectivity index is 1.52. The summed E-state index contributed by atoms with van der Waals surface area (Å²) in [5.41, 5.74) is 10.8. The average Bonchev–Trinajstić information content (AvgIpc) is 3.30. The van der Waals surface area contributed by atoms with Crippen molar-refractivity contribution >= 4 is 23.2 Å². The Hall–Kier alpha value is -2.11. The molecule has 1 saturated heterocycles. The van der Waals surface area contributed by atoms with Crippen molar-refractivity contribution in [2.75, 3.05) is 18.0 Å². The lowest BCUT2D eigenvalue weighted by molar-refractivity contribution is 0.197. The molecule has 6 heteroatoms. The normalized spacial score (nSPS) is 21.7. The molecule has 2 N–H and O–H groups in total. The van der Waals surface area contributed by atoms with Gasteiger partial charge in [0.2, 0.25) is 5.95 Å². The highest BCUT2D eigenvalue weighted by Gasteiger charge is 2.43. The first kappa shape index (κ1) is 18.0. The van der Waals surface area contributed by atoms with Crippen LogP contribution in [0.25, 0.3) is 16.8 Å². The molecule has 0 bridgehead atoms. The zero-order chi connectivity index (χ0) is 19.3. The molecule has 1 saturated carbocycles. The summed E-state index contributed by atoms with van der Waals surface area (Å²) in [6.07, 6.45) is 9.91. The second-order valence-electron chi connectivity index (χ2n) is 8.35. The predicted molar refractivity (Wildman–Crippen MR) is 114 cm³/mol. The van der Waals surface area contributed by atoms with E-state index < -0.39 is 0 Å². The van der Waals surface area contributed by atoms with Gasteiger partial charge in [-0.25, -0.2) is 9.97 Å². The zero-order valence-corrected chi connectivity index (χ0v) is 17.0. The van der Waals surface area contributed by atoms with Gasteiger partial charge in [0.05, 0.1) is 5.69 Å². The zero-order valence-electron chi connectivity index (χ0n) is 16.2. The number of benzene rings is 1. The van der Waals surface area contributed by atoms with Crippen molar-refractivity contribution in [2.45, 2.75) is 45.1 Å². The van der Waals surface area contributed by atoms with E-state index in [1.54, 1.807) is 0 Å². The Morgan fingerprint density at radius 3 is 2.75 bits per heavy atom. The minimum Gasteiger partial charge on any atom is -0.342 e. The molecule has 1 aromatic carbocycles. The van der Waals surface area contributed by atoms with Crippen molar-refractivity contribution in [3.05, 3.63) is 47.4 Å². The van der Waals surface area contributed by atoms with E-state index in [4.69, 9.17) is 22.3 Å². The smallest absolute Gasteiger partial charge is 0.211 e. The number of nitrogens with two attached hydrogens (primary N) is 1. The van der Waals surface area contributed by atoms with Crippen LogP contribution < -0.4 is 10.6 Å². The van der Waals surface area contributed by atoms with Crippen LogP contribution in [0.2, 0.25) is 5.02 Å². The van der Waals surface area contributed by atoms with Crippen molar-refractivity contribution < 1.29 is 0 Å². The summed E-state index contributed by atoms with van der Waals surface area (Å²) in [6.45, 7) is 4.07. The maximum Gasteiger partial charge on any atom is 0.211 e. The summed E-state index contributed by atoms with van der Waals surface area (Å²) in [5.74, 6) is 0.984. The van der Waals surface area contributed by atoms with Gasteiger partial charge in [0, 0.05) is 42.1 Å². The van der Waals surface area contributed by atoms with Gasteiger partial charge in [0.15, 0.2) is 0 Å². The number of imidazole rings is 1. The van der Waals surface area contributed by atoms with E-state index in [1.165, 1.54) is 19.3 Å². The number of halogens is 1. The number of aromatic nitrogens is 3. The molecule has 146 valence electrons. The van der Waals surface area contributed by atoms with Gasteiger partial charge >= 0.3 is 0 Å². The second kappa shape index (κ2) is 6.75. The second-order valence-corrected chi connectivity index (χ2v) is 8.79. The highest BCUT2D eigenvalue weighted by atomic mass is 35.5. The molecule has 5 nitrogen and oxygen atoms in total. The number of hydrogen-bond acceptors (Lipinski definition) is 4. The van der Waals surface area contributed by atoms with Crippen molar-refractivity contribution in [2.24, 2.45) is 11.1 Å². The van der Waals surface area contributed by atoms with Crippen LogP contribution >= 0.6 is 11.6 Å². The largest absolute Gasteiger partial charge is 0.342 e. The van der Waals surface area contributed by atoms with Crippen LogP contribution in [0.4, 0.5) is 5.95 Å². The molecule has 1 atom stereocenters. The summed E-state index contributed by atoms with van der Waals surface area (Å²) in [5, 5.41) is 0.722. The van der Waals surface area contributed by atoms with Gasteiger partial charge in [-0.05, 0) is 55.7 Å². The fraction of sp³-hybridized carbons (Fsp3) is 0.455. The van der Waals surface area contributed by atoms with Gasteiger partial charge in [-0.15, -0.1) is 0 Å². The number of nitrogens with zero attached hydrogens (tertiary/aromatic N) is 4. The molecule has 28 heavy (non-hydrogen) atoms. The minimum atomic E-state index is 0.348. The van der Waals surface area contributed by atoms with Gasteiger partial charge in [0.25, 0.3) is 0 Å². The molecule has 2 aliphatic rings. The molecule has 1 aliphatic heterocycles. The Morgan fingerprint density at radius 1 is 1.21 bits per heavy atom. The van der Waals surface area contributed by atoms with Crippen LogP contribution in [0.3, 0.4) is 0 Å². The fourth-order valence-corrected chi connectivity index (χ4v) is 5.41. The molecule has 2 fully saturated rings. The summed E-state index contributed by atoms with van der Waals surface area (Å²) < 4.78 is 2.12. The van der Waals surface area contributed by atoms with Crippen LogP contribution in [-0.2, 0) is 0 Å². The summed E-state index contributed by atoms with van der Waals surface area (Å²) in [4.78, 5) is 12.1. The molecule has 3 aromatic rings. The number of anilines is 1. The summed E-state index contributed by atoms with van der Waals surface area (Å²) in [7, 11) is 0. The molecule has 0 amide bonds. The van der Waals surface area contributed by atoms with Gasteiger partial charge in [0.1, 0.15) is 5.65 Å². The van der Waals surface area contributed by atoms with Crippen molar-refractivity contribution in [3.8, 4) is 11.1 Å². The molecule has 1 aliphatic carbocycles. The monoisotopic (exact) mass is 395 g/mol. The lowest BCUT2D eigenvalue weighted by Crippen LogP contribution is -2.47. The van der Waals surface area contributed by atoms with E-state index in [9.17, 15) is 0 Å². The quantitative estimate of drug-likeness (QED) is 0.696. The average molecular weight is 396 g/mol. The first-order valence-electron chi connectivity index (χ1n) is 10.2. The summed E-state index contributed by atoms with van der Waals surface area (Å²) in [6, 6.07) is 8.27. The molecule has 3 heterocycles. The molecule has 2 aromatic heterocycles. The maximum atomic E-state index is 6.46. The third-order valence-electron chi connectivity index (χ3n) is 6.84. The van der Waals surface area contributed by atoms with Gasteiger partial charge in [-0.3, -0.25) is 4.40 Å². The third kappa shape index (κ3) is 2.80. The van der Waals surface area contributed by atoms with E-state index in [0.717, 1.165) is 59.4 Å². The predicted octanol–water partition coefficient (Wildman–Crippen LogP) is 4.46. The highest BCUT2D eigenvalue weighted by Crippen LogP contribution is 2.46. The Bertz CT molecular complexity index is 1020. The van der Waals surface area contributed by atoms with Crippen LogP contribution in [0.5, 0.6) is 0 Å². The Morgan fingerprint density at radius 2 is 2.04 bits per heavy atom. The highest BCUT2D eigenvalue weighted by molar-refractivity contribution is 6.30. The SMILES string of the molecule is Cc1nc(N2CCC3(CCCC3N)CC2)n2ccnc2c1-c1cccc(Cl)c1. The fourth-order valence-electron chi connectivity index (χ4n) is 5.21. The summed E-state index contributed by atoms with van der Waals surface area (Å²) >= 11 is 6.23. The number of fused-ring (bicyclic) bond motifs is 1. The van der Waals surface area contributed by atoms with Crippen LogP contribution in [0.15, 0.2) is 36.7 Å². The molecular weight excluding hydrogens is 370 g/mol. The number of rotatable bonds is 2. The first-order valence-corrected chi connectivity index (χ1v) is 10.6. The Labute approximate surface area is 170 Å². The van der Waals surface area contributed by atoms with Gasteiger partial charge in [-0.2, -0.15) is 0 Å². The molecule has 0 radical (unpaired) electrons. The van der Waals surface area contributed by atoms with Crippen LogP contribution in [0, 0.1) is 12.3 Å². The standard InChI is InChI=1S/C22H26ClN5/c1-15-19(16-4-2-5-17(23)14-16)20-25-10-13-28(20)21(26-15)27-11-8-22(9-12-27)7-3-6-18(22)24/h2,4-5,10,13-14,18H,3,6-9,11-12,24H2,1H3. The molecule has 1 spiro atoms. The van der Waals surface area contributed by atoms with Crippen molar-refractivity contribution in [1.29, 1.82) is 0 Å². The number of piperidine rings is 1.